The summed E-state index contributed by atoms with van der Waals surface area (Å²) in [5.41, 5.74) is 1.93. The molecule has 2 aromatic carbocycles. The fourth-order valence-electron chi connectivity index (χ4n) is 6.16. The smallest absolute Gasteiger partial charge is 0.343 e. The van der Waals surface area contributed by atoms with Crippen molar-refractivity contribution >= 4 is 5.97 Å². The van der Waals surface area contributed by atoms with Gasteiger partial charge in [0.2, 0.25) is 0 Å². The van der Waals surface area contributed by atoms with Gasteiger partial charge < -0.3 is 9.47 Å². The van der Waals surface area contributed by atoms with Crippen molar-refractivity contribution in [3.63, 3.8) is 0 Å². The van der Waals surface area contributed by atoms with Crippen molar-refractivity contribution in [2.75, 3.05) is 6.61 Å². The number of hydrogen-bond donors (Lipinski definition) is 0. The lowest BCUT2D eigenvalue weighted by atomic mass is 9.68. The molecule has 0 bridgehead atoms. The van der Waals surface area contributed by atoms with E-state index in [1.165, 1.54) is 69.8 Å². The van der Waals surface area contributed by atoms with Crippen LogP contribution in [0.3, 0.4) is 0 Å². The van der Waals surface area contributed by atoms with Crippen LogP contribution >= 0.6 is 0 Å². The molecule has 0 spiro atoms. The Morgan fingerprint density at radius 1 is 0.735 bits per heavy atom. The van der Waals surface area contributed by atoms with E-state index in [9.17, 15) is 4.79 Å². The molecule has 0 atom stereocenters. The van der Waals surface area contributed by atoms with E-state index in [4.69, 9.17) is 9.47 Å². The Balaban J connectivity index is 1.24. The molecule has 0 aliphatic heterocycles. The van der Waals surface area contributed by atoms with E-state index in [1.807, 2.05) is 24.3 Å². The molecule has 2 aromatic rings. The van der Waals surface area contributed by atoms with E-state index >= 15 is 0 Å². The molecule has 2 saturated carbocycles. The van der Waals surface area contributed by atoms with E-state index in [0.717, 1.165) is 29.9 Å². The molecule has 2 aliphatic carbocycles. The lowest BCUT2D eigenvalue weighted by Crippen LogP contribution is -2.25. The van der Waals surface area contributed by atoms with Gasteiger partial charge in [0.25, 0.3) is 0 Å². The molecule has 3 nitrogen and oxygen atoms in total. The molecule has 2 aliphatic rings. The topological polar surface area (TPSA) is 35.5 Å². The molecule has 34 heavy (non-hydrogen) atoms. The summed E-state index contributed by atoms with van der Waals surface area (Å²) in [5, 5.41) is 0. The Bertz CT molecular complexity index is 870. The highest BCUT2D eigenvalue weighted by molar-refractivity contribution is 5.91. The zero-order valence-corrected chi connectivity index (χ0v) is 21.1. The third-order valence-corrected chi connectivity index (χ3v) is 8.15. The second-order valence-electron chi connectivity index (χ2n) is 10.5. The summed E-state index contributed by atoms with van der Waals surface area (Å²) >= 11 is 0. The Labute approximate surface area is 206 Å². The average Bonchev–Trinajstić information content (AvgIpc) is 2.89. The minimum Gasteiger partial charge on any atom is -0.494 e. The molecule has 0 radical (unpaired) electrons. The van der Waals surface area contributed by atoms with Gasteiger partial charge >= 0.3 is 5.97 Å². The van der Waals surface area contributed by atoms with E-state index in [1.54, 1.807) is 12.1 Å². The zero-order valence-electron chi connectivity index (χ0n) is 21.1. The monoisotopic (exact) mass is 462 g/mol. The third kappa shape index (κ3) is 6.64. The normalized spacial score (nSPS) is 25.0. The van der Waals surface area contributed by atoms with Crippen LogP contribution in [0.15, 0.2) is 48.5 Å². The van der Waals surface area contributed by atoms with Crippen molar-refractivity contribution in [3.05, 3.63) is 59.7 Å². The number of benzene rings is 2. The molecule has 0 N–H and O–H groups in total. The molecule has 0 amide bonds. The maximum absolute atomic E-state index is 12.5. The number of rotatable bonds is 9. The van der Waals surface area contributed by atoms with Gasteiger partial charge in [-0.2, -0.15) is 0 Å². The van der Waals surface area contributed by atoms with Gasteiger partial charge in [0.15, 0.2) is 0 Å². The van der Waals surface area contributed by atoms with Crippen molar-refractivity contribution in [2.24, 2.45) is 17.8 Å². The van der Waals surface area contributed by atoms with Crippen LogP contribution in [0.2, 0.25) is 0 Å². The molecular formula is C31H42O3. The van der Waals surface area contributed by atoms with Gasteiger partial charge in [-0.25, -0.2) is 4.79 Å². The lowest BCUT2D eigenvalue weighted by Gasteiger charge is -2.38. The first-order chi connectivity index (χ1) is 16.7. The molecular weight excluding hydrogens is 420 g/mol. The van der Waals surface area contributed by atoms with E-state index in [0.29, 0.717) is 23.8 Å². The van der Waals surface area contributed by atoms with Gasteiger partial charge in [-0.05, 0) is 111 Å². The largest absolute Gasteiger partial charge is 0.494 e. The predicted octanol–water partition coefficient (Wildman–Crippen LogP) is 8.57. The number of carbonyl (C=O) groups is 1. The van der Waals surface area contributed by atoms with Crippen molar-refractivity contribution in [1.82, 2.24) is 0 Å². The van der Waals surface area contributed by atoms with Crippen LogP contribution in [0.4, 0.5) is 0 Å². The summed E-state index contributed by atoms with van der Waals surface area (Å²) in [6, 6.07) is 15.4. The highest BCUT2D eigenvalue weighted by atomic mass is 16.5. The first kappa shape index (κ1) is 24.8. The van der Waals surface area contributed by atoms with Gasteiger partial charge in [0, 0.05) is 0 Å². The van der Waals surface area contributed by atoms with Gasteiger partial charge in [-0.15, -0.1) is 0 Å². The molecule has 3 heteroatoms. The molecule has 4 rings (SSSR count). The van der Waals surface area contributed by atoms with Crippen LogP contribution in [0.5, 0.6) is 11.5 Å². The van der Waals surface area contributed by atoms with Crippen LogP contribution in [-0.4, -0.2) is 12.6 Å². The van der Waals surface area contributed by atoms with E-state index in [2.05, 4.69) is 26.0 Å². The Kier molecular flexibility index (Phi) is 9.07. The SMILES string of the molecule is CCCOc1ccc(C(=O)Oc2ccc(C3CCC(C4CCC(CCC)CC4)CC3)cc2)cc1. The summed E-state index contributed by atoms with van der Waals surface area (Å²) in [7, 11) is 0. The summed E-state index contributed by atoms with van der Waals surface area (Å²) in [4.78, 5) is 12.5. The van der Waals surface area contributed by atoms with Crippen LogP contribution in [0.1, 0.15) is 106 Å². The number of hydrogen-bond acceptors (Lipinski definition) is 3. The van der Waals surface area contributed by atoms with Crippen molar-refractivity contribution in [2.45, 2.75) is 90.4 Å². The van der Waals surface area contributed by atoms with E-state index in [-0.39, 0.29) is 5.97 Å². The minimum atomic E-state index is -0.330. The molecule has 0 heterocycles. The summed E-state index contributed by atoms with van der Waals surface area (Å²) in [6.07, 6.45) is 15.0. The Hall–Kier alpha value is -2.29. The lowest BCUT2D eigenvalue weighted by molar-refractivity contribution is 0.0734. The zero-order chi connectivity index (χ0) is 23.8. The second kappa shape index (κ2) is 12.4. The van der Waals surface area contributed by atoms with Crippen LogP contribution in [0, 0.1) is 17.8 Å². The van der Waals surface area contributed by atoms with E-state index < -0.39 is 0 Å². The quantitative estimate of drug-likeness (QED) is 0.276. The Morgan fingerprint density at radius 2 is 1.32 bits per heavy atom. The average molecular weight is 463 g/mol. The standard InChI is InChI=1S/C31H42O3/c1-3-5-23-6-8-24(9-7-23)25-10-12-26(13-11-25)27-14-20-30(21-15-27)34-31(32)28-16-18-29(19-17-28)33-22-4-2/h14-21,23-26H,3-13,22H2,1-2H3. The highest BCUT2D eigenvalue weighted by Gasteiger charge is 2.31. The number of carbonyl (C=O) groups excluding carboxylic acids is 1. The number of esters is 1. The predicted molar refractivity (Wildman–Crippen MR) is 139 cm³/mol. The molecule has 184 valence electrons. The molecule has 0 saturated heterocycles. The second-order valence-corrected chi connectivity index (χ2v) is 10.5. The van der Waals surface area contributed by atoms with Crippen LogP contribution < -0.4 is 9.47 Å². The maximum atomic E-state index is 12.5. The van der Waals surface area contributed by atoms with Gasteiger partial charge in [-0.1, -0.05) is 51.7 Å². The number of ether oxygens (including phenoxy) is 2. The Morgan fingerprint density at radius 3 is 1.91 bits per heavy atom. The van der Waals surface area contributed by atoms with Crippen molar-refractivity contribution in [1.29, 1.82) is 0 Å². The molecule has 2 fully saturated rings. The first-order valence-corrected chi connectivity index (χ1v) is 13.7. The highest BCUT2D eigenvalue weighted by Crippen LogP contribution is 2.44. The van der Waals surface area contributed by atoms with Crippen LogP contribution in [0.25, 0.3) is 0 Å². The summed E-state index contributed by atoms with van der Waals surface area (Å²) in [5.74, 6) is 4.63. The van der Waals surface area contributed by atoms with Crippen molar-refractivity contribution < 1.29 is 14.3 Å². The third-order valence-electron chi connectivity index (χ3n) is 8.15. The minimum absolute atomic E-state index is 0.330. The van der Waals surface area contributed by atoms with Crippen LogP contribution in [-0.2, 0) is 0 Å². The summed E-state index contributed by atoms with van der Waals surface area (Å²) < 4.78 is 11.2. The van der Waals surface area contributed by atoms with Gasteiger partial charge in [0.1, 0.15) is 11.5 Å². The van der Waals surface area contributed by atoms with Gasteiger partial charge in [-0.3, -0.25) is 0 Å². The summed E-state index contributed by atoms with van der Waals surface area (Å²) in [6.45, 7) is 5.08. The maximum Gasteiger partial charge on any atom is 0.343 e. The fourth-order valence-corrected chi connectivity index (χ4v) is 6.16. The molecule has 0 unspecified atom stereocenters. The fraction of sp³-hybridized carbons (Fsp3) is 0.581. The first-order valence-electron chi connectivity index (χ1n) is 13.7. The van der Waals surface area contributed by atoms with Gasteiger partial charge in [0.05, 0.1) is 12.2 Å². The van der Waals surface area contributed by atoms with Crippen molar-refractivity contribution in [3.8, 4) is 11.5 Å². The molecule has 0 aromatic heterocycles.